The fourth-order valence-electron chi connectivity index (χ4n) is 2.11. The number of hydrogen-bond donors (Lipinski definition) is 1. The maximum atomic E-state index is 12.3. The topological polar surface area (TPSA) is 76.9 Å². The molecule has 0 unspecified atom stereocenters. The van der Waals surface area contributed by atoms with Crippen LogP contribution in [0.3, 0.4) is 0 Å². The molecule has 0 saturated heterocycles. The highest BCUT2D eigenvalue weighted by atomic mass is 32.1. The third-order valence-electron chi connectivity index (χ3n) is 3.22. The van der Waals surface area contributed by atoms with E-state index >= 15 is 0 Å². The lowest BCUT2D eigenvalue weighted by atomic mass is 10.2. The van der Waals surface area contributed by atoms with Gasteiger partial charge in [-0.15, -0.1) is 10.2 Å². The Morgan fingerprint density at radius 2 is 2.09 bits per heavy atom. The number of carbonyl (C=O) groups is 1. The number of rotatable bonds is 4. The number of nitrogens with one attached hydrogen (secondary N) is 1. The van der Waals surface area contributed by atoms with Gasteiger partial charge < -0.3 is 4.57 Å². The lowest BCUT2D eigenvalue weighted by molar-refractivity contribution is -0.116. The van der Waals surface area contributed by atoms with Crippen molar-refractivity contribution in [3.8, 4) is 0 Å². The summed E-state index contributed by atoms with van der Waals surface area (Å²) in [5.74, 6) is -0.295. The zero-order valence-electron chi connectivity index (χ0n) is 11.9. The van der Waals surface area contributed by atoms with E-state index in [0.29, 0.717) is 10.5 Å². The maximum Gasteiger partial charge on any atom is 0.258 e. The minimum atomic E-state index is -0.295. The number of hydrogen-bond acceptors (Lipinski definition) is 5. The average molecular weight is 314 g/mol. The Kier molecular flexibility index (Phi) is 3.97. The fourth-order valence-corrected chi connectivity index (χ4v) is 2.81. The van der Waals surface area contributed by atoms with Gasteiger partial charge in [0.25, 0.3) is 5.56 Å². The summed E-state index contributed by atoms with van der Waals surface area (Å²) in [7, 11) is 0. The number of carbonyl (C=O) groups excluding carboxylic acids is 1. The molecule has 0 aliphatic heterocycles. The molecule has 0 radical (unpaired) electrons. The number of anilines is 1. The number of fused-ring (bicyclic) bond motifs is 1. The highest BCUT2D eigenvalue weighted by Gasteiger charge is 2.10. The Morgan fingerprint density at radius 3 is 2.86 bits per heavy atom. The summed E-state index contributed by atoms with van der Waals surface area (Å²) in [5.41, 5.74) is -0.181. The Morgan fingerprint density at radius 1 is 1.27 bits per heavy atom. The second-order valence-corrected chi connectivity index (χ2v) is 5.80. The second kappa shape index (κ2) is 6.07. The molecule has 112 valence electrons. The molecule has 1 aromatic carbocycles. The van der Waals surface area contributed by atoms with Crippen LogP contribution in [-0.2, 0) is 17.8 Å². The van der Waals surface area contributed by atoms with E-state index in [1.165, 1.54) is 15.9 Å². The van der Waals surface area contributed by atoms with E-state index in [4.69, 9.17) is 0 Å². The van der Waals surface area contributed by atoms with Gasteiger partial charge in [0.05, 0.1) is 0 Å². The number of aromatic nitrogens is 3. The first-order valence-corrected chi connectivity index (χ1v) is 7.69. The van der Waals surface area contributed by atoms with Crippen LogP contribution in [-0.4, -0.2) is 20.7 Å². The van der Waals surface area contributed by atoms with Crippen molar-refractivity contribution >= 4 is 33.1 Å². The summed E-state index contributed by atoms with van der Waals surface area (Å²) in [6, 6.07) is 9.13. The normalized spacial score (nSPS) is 10.8. The van der Waals surface area contributed by atoms with E-state index in [2.05, 4.69) is 15.5 Å². The van der Waals surface area contributed by atoms with Crippen LogP contribution in [0.15, 0.2) is 41.3 Å². The van der Waals surface area contributed by atoms with Crippen LogP contribution in [0.4, 0.5) is 5.13 Å². The van der Waals surface area contributed by atoms with Crippen molar-refractivity contribution < 1.29 is 4.79 Å². The Bertz CT molecular complexity index is 884. The average Bonchev–Trinajstić information content (AvgIpc) is 2.98. The minimum Gasteiger partial charge on any atom is -0.306 e. The van der Waals surface area contributed by atoms with Crippen molar-refractivity contribution in [3.63, 3.8) is 0 Å². The van der Waals surface area contributed by atoms with E-state index in [9.17, 15) is 9.59 Å². The number of benzene rings is 1. The van der Waals surface area contributed by atoms with Gasteiger partial charge in [-0.1, -0.05) is 36.5 Å². The molecule has 0 atom stereocenters. The molecule has 6 nitrogen and oxygen atoms in total. The Labute approximate surface area is 130 Å². The van der Waals surface area contributed by atoms with Gasteiger partial charge >= 0.3 is 0 Å². The van der Waals surface area contributed by atoms with E-state index < -0.39 is 0 Å². The van der Waals surface area contributed by atoms with Gasteiger partial charge in [-0.3, -0.25) is 14.9 Å². The number of nitrogens with zero attached hydrogens (tertiary/aromatic N) is 3. The summed E-state index contributed by atoms with van der Waals surface area (Å²) in [4.78, 5) is 24.4. The monoisotopic (exact) mass is 314 g/mol. The lowest BCUT2D eigenvalue weighted by Gasteiger charge is -2.06. The molecule has 2 aromatic heterocycles. The SMILES string of the molecule is CCc1nnc(NC(=O)Cn2ccc3ccccc3c2=O)s1. The molecule has 0 fully saturated rings. The van der Waals surface area contributed by atoms with Crippen molar-refractivity contribution in [2.75, 3.05) is 5.32 Å². The molecule has 0 aliphatic carbocycles. The van der Waals surface area contributed by atoms with Crippen LogP contribution in [0.1, 0.15) is 11.9 Å². The van der Waals surface area contributed by atoms with Crippen molar-refractivity contribution in [1.29, 1.82) is 0 Å². The molecule has 0 spiro atoms. The van der Waals surface area contributed by atoms with Crippen LogP contribution >= 0.6 is 11.3 Å². The first-order chi connectivity index (χ1) is 10.7. The molecule has 0 bridgehead atoms. The summed E-state index contributed by atoms with van der Waals surface area (Å²) in [6.45, 7) is 1.92. The molecule has 2 heterocycles. The third kappa shape index (κ3) is 2.89. The summed E-state index contributed by atoms with van der Waals surface area (Å²) in [6.07, 6.45) is 2.40. The molecule has 1 amide bonds. The van der Waals surface area contributed by atoms with Crippen LogP contribution in [0.2, 0.25) is 0 Å². The molecule has 1 N–H and O–H groups in total. The zero-order valence-corrected chi connectivity index (χ0v) is 12.8. The van der Waals surface area contributed by atoms with Gasteiger partial charge in [0, 0.05) is 11.6 Å². The second-order valence-electron chi connectivity index (χ2n) is 4.74. The van der Waals surface area contributed by atoms with Gasteiger partial charge in [0.15, 0.2) is 0 Å². The predicted octanol–water partition coefficient (Wildman–Crippen LogP) is 2.05. The van der Waals surface area contributed by atoms with E-state index in [-0.39, 0.29) is 18.0 Å². The van der Waals surface area contributed by atoms with Crippen LogP contribution in [0.25, 0.3) is 10.8 Å². The largest absolute Gasteiger partial charge is 0.306 e. The summed E-state index contributed by atoms with van der Waals surface area (Å²) < 4.78 is 1.39. The highest BCUT2D eigenvalue weighted by molar-refractivity contribution is 7.15. The zero-order chi connectivity index (χ0) is 15.5. The number of aryl methyl sites for hydroxylation is 1. The molecule has 7 heteroatoms. The van der Waals surface area contributed by atoms with Crippen LogP contribution in [0.5, 0.6) is 0 Å². The summed E-state index contributed by atoms with van der Waals surface area (Å²) >= 11 is 1.34. The van der Waals surface area contributed by atoms with Gasteiger partial charge in [-0.2, -0.15) is 0 Å². The predicted molar refractivity (Wildman–Crippen MR) is 86.1 cm³/mol. The van der Waals surface area contributed by atoms with E-state index in [1.807, 2.05) is 31.2 Å². The van der Waals surface area contributed by atoms with Crippen molar-refractivity contribution in [1.82, 2.24) is 14.8 Å². The quantitative estimate of drug-likeness (QED) is 0.799. The Balaban J connectivity index is 1.79. The number of pyridine rings is 1. The highest BCUT2D eigenvalue weighted by Crippen LogP contribution is 2.15. The van der Waals surface area contributed by atoms with E-state index in [0.717, 1.165) is 16.8 Å². The molecule has 0 aliphatic rings. The molecular formula is C15H14N4O2S. The van der Waals surface area contributed by atoms with Crippen molar-refractivity contribution in [2.24, 2.45) is 0 Å². The standard InChI is InChI=1S/C15H14N4O2S/c1-2-13-17-18-15(22-13)16-12(20)9-19-8-7-10-5-3-4-6-11(10)14(19)21/h3-8H,2,9H2,1H3,(H,16,18,20). The first kappa shape index (κ1) is 14.4. The molecule has 22 heavy (non-hydrogen) atoms. The van der Waals surface area contributed by atoms with Gasteiger partial charge in [0.1, 0.15) is 11.6 Å². The van der Waals surface area contributed by atoms with Gasteiger partial charge in [-0.05, 0) is 23.9 Å². The van der Waals surface area contributed by atoms with Crippen LogP contribution < -0.4 is 10.9 Å². The first-order valence-electron chi connectivity index (χ1n) is 6.88. The van der Waals surface area contributed by atoms with Crippen molar-refractivity contribution in [2.45, 2.75) is 19.9 Å². The number of amides is 1. The molecule has 0 saturated carbocycles. The molecule has 3 aromatic rings. The summed E-state index contributed by atoms with van der Waals surface area (Å²) in [5, 5.41) is 13.3. The van der Waals surface area contributed by atoms with Crippen LogP contribution in [0, 0.1) is 0 Å². The molecule has 3 rings (SSSR count). The van der Waals surface area contributed by atoms with E-state index in [1.54, 1.807) is 12.3 Å². The fraction of sp³-hybridized carbons (Fsp3) is 0.200. The molecular weight excluding hydrogens is 300 g/mol. The maximum absolute atomic E-state index is 12.3. The smallest absolute Gasteiger partial charge is 0.258 e. The Hall–Kier alpha value is -2.54. The lowest BCUT2D eigenvalue weighted by Crippen LogP contribution is -2.27. The third-order valence-corrected chi connectivity index (χ3v) is 4.20. The van der Waals surface area contributed by atoms with Gasteiger partial charge in [-0.25, -0.2) is 0 Å². The van der Waals surface area contributed by atoms with Gasteiger partial charge in [0.2, 0.25) is 11.0 Å². The van der Waals surface area contributed by atoms with Crippen molar-refractivity contribution in [3.05, 3.63) is 51.9 Å². The minimum absolute atomic E-state index is 0.0509.